The van der Waals surface area contributed by atoms with Gasteiger partial charge in [-0.25, -0.2) is 8.42 Å². The first-order valence-electron chi connectivity index (χ1n) is 9.25. The van der Waals surface area contributed by atoms with E-state index >= 15 is 0 Å². The van der Waals surface area contributed by atoms with Crippen LogP contribution in [0.1, 0.15) is 18.1 Å². The van der Waals surface area contributed by atoms with E-state index in [9.17, 15) is 13.2 Å². The van der Waals surface area contributed by atoms with Crippen LogP contribution in [0.5, 0.6) is 5.75 Å². The summed E-state index contributed by atoms with van der Waals surface area (Å²) in [5.41, 5.74) is 1.49. The van der Waals surface area contributed by atoms with Gasteiger partial charge < -0.3 is 14.8 Å². The lowest BCUT2D eigenvalue weighted by atomic mass is 10.2. The van der Waals surface area contributed by atoms with Crippen LogP contribution in [0.2, 0.25) is 0 Å². The van der Waals surface area contributed by atoms with Gasteiger partial charge in [0, 0.05) is 19.7 Å². The van der Waals surface area contributed by atoms with E-state index in [4.69, 9.17) is 9.47 Å². The average Bonchev–Trinajstić information content (AvgIpc) is 2.68. The summed E-state index contributed by atoms with van der Waals surface area (Å²) in [6.07, 6.45) is 0. The first-order chi connectivity index (χ1) is 13.8. The maximum absolute atomic E-state index is 13.3. The Hall–Kier alpha value is -2.42. The van der Waals surface area contributed by atoms with Gasteiger partial charge in [0.1, 0.15) is 5.75 Å². The molecule has 1 N–H and O–H groups in total. The first-order valence-corrected chi connectivity index (χ1v) is 10.7. The summed E-state index contributed by atoms with van der Waals surface area (Å²) in [6.45, 7) is 3.70. The molecule has 2 rings (SSSR count). The van der Waals surface area contributed by atoms with E-state index in [1.165, 1.54) is 17.5 Å². The lowest BCUT2D eigenvalue weighted by Crippen LogP contribution is -2.44. The number of nitrogens with one attached hydrogen (secondary N) is 1. The van der Waals surface area contributed by atoms with E-state index in [0.29, 0.717) is 17.9 Å². The van der Waals surface area contributed by atoms with E-state index in [1.54, 1.807) is 33.1 Å². The minimum atomic E-state index is -3.90. The molecule has 0 aliphatic rings. The molecule has 1 amide bonds. The van der Waals surface area contributed by atoms with Crippen LogP contribution in [-0.2, 0) is 26.1 Å². The number of methoxy groups -OCH3 is 2. The standard InChI is InChI=1S/C21H28N2O5S/c1-16-12-19(10-11-20(16)28-4)29(25,26)23(13-18-8-6-5-7-9-18)14-21(24)22-17(2)15-27-3/h5-12,17H,13-15H2,1-4H3,(H,22,24)/t17-/m0/s1. The number of carbonyl (C=O) groups excluding carboxylic acids is 1. The molecule has 0 bridgehead atoms. The van der Waals surface area contributed by atoms with Crippen LogP contribution in [0.3, 0.4) is 0 Å². The summed E-state index contributed by atoms with van der Waals surface area (Å²) in [5.74, 6) is 0.212. The fourth-order valence-electron chi connectivity index (χ4n) is 2.95. The highest BCUT2D eigenvalue weighted by Crippen LogP contribution is 2.24. The Morgan fingerprint density at radius 2 is 1.83 bits per heavy atom. The van der Waals surface area contributed by atoms with Crippen LogP contribution in [0.15, 0.2) is 53.4 Å². The SMILES string of the molecule is COC[C@H](C)NC(=O)CN(Cc1ccccc1)S(=O)(=O)c1ccc(OC)c(C)c1. The zero-order valence-electron chi connectivity index (χ0n) is 17.2. The fourth-order valence-corrected chi connectivity index (χ4v) is 4.42. The molecule has 0 heterocycles. The predicted octanol–water partition coefficient (Wildman–Crippen LogP) is 2.35. The second-order valence-corrected chi connectivity index (χ2v) is 8.75. The quantitative estimate of drug-likeness (QED) is 0.638. The highest BCUT2D eigenvalue weighted by Gasteiger charge is 2.28. The van der Waals surface area contributed by atoms with E-state index in [-0.39, 0.29) is 29.9 Å². The highest BCUT2D eigenvalue weighted by molar-refractivity contribution is 7.89. The molecule has 1 atom stereocenters. The van der Waals surface area contributed by atoms with Gasteiger partial charge in [0.15, 0.2) is 0 Å². The minimum absolute atomic E-state index is 0.0837. The number of benzene rings is 2. The molecule has 7 nitrogen and oxygen atoms in total. The molecule has 2 aromatic rings. The molecule has 0 fully saturated rings. The van der Waals surface area contributed by atoms with Gasteiger partial charge in [0.05, 0.1) is 25.2 Å². The number of ether oxygens (including phenoxy) is 2. The van der Waals surface area contributed by atoms with Crippen molar-refractivity contribution < 1.29 is 22.7 Å². The van der Waals surface area contributed by atoms with Crippen LogP contribution in [0, 0.1) is 6.92 Å². The van der Waals surface area contributed by atoms with Crippen LogP contribution in [0.25, 0.3) is 0 Å². The van der Waals surface area contributed by atoms with Crippen molar-refractivity contribution in [3.63, 3.8) is 0 Å². The van der Waals surface area contributed by atoms with E-state index in [2.05, 4.69) is 5.32 Å². The largest absolute Gasteiger partial charge is 0.496 e. The summed E-state index contributed by atoms with van der Waals surface area (Å²) >= 11 is 0. The summed E-state index contributed by atoms with van der Waals surface area (Å²) < 4.78 is 38.0. The summed E-state index contributed by atoms with van der Waals surface area (Å²) in [5, 5.41) is 2.76. The number of nitrogens with zero attached hydrogens (tertiary/aromatic N) is 1. The molecular weight excluding hydrogens is 392 g/mol. The molecule has 158 valence electrons. The number of sulfonamides is 1. The van der Waals surface area contributed by atoms with Gasteiger partial charge >= 0.3 is 0 Å². The molecule has 0 radical (unpaired) electrons. The summed E-state index contributed by atoms with van der Waals surface area (Å²) in [6, 6.07) is 13.6. The van der Waals surface area contributed by atoms with Gasteiger partial charge in [-0.2, -0.15) is 4.31 Å². The smallest absolute Gasteiger partial charge is 0.243 e. The maximum Gasteiger partial charge on any atom is 0.243 e. The number of aryl methyl sites for hydroxylation is 1. The molecule has 0 saturated carbocycles. The van der Waals surface area contributed by atoms with Crippen molar-refractivity contribution in [1.82, 2.24) is 9.62 Å². The molecule has 0 aliphatic carbocycles. The Balaban J connectivity index is 2.32. The zero-order valence-corrected chi connectivity index (χ0v) is 18.0. The molecule has 0 unspecified atom stereocenters. The van der Waals surface area contributed by atoms with Crippen molar-refractivity contribution in [2.24, 2.45) is 0 Å². The van der Waals surface area contributed by atoms with Crippen molar-refractivity contribution >= 4 is 15.9 Å². The van der Waals surface area contributed by atoms with Crippen LogP contribution in [-0.4, -0.2) is 52.0 Å². The molecule has 29 heavy (non-hydrogen) atoms. The lowest BCUT2D eigenvalue weighted by Gasteiger charge is -2.23. The van der Waals surface area contributed by atoms with Crippen molar-refractivity contribution in [3.8, 4) is 5.75 Å². The monoisotopic (exact) mass is 420 g/mol. The van der Waals surface area contributed by atoms with Crippen molar-refractivity contribution in [3.05, 3.63) is 59.7 Å². The second-order valence-electron chi connectivity index (χ2n) is 6.81. The molecular formula is C21H28N2O5S. The van der Waals surface area contributed by atoms with Gasteiger partial charge in [-0.15, -0.1) is 0 Å². The molecule has 0 saturated heterocycles. The summed E-state index contributed by atoms with van der Waals surface area (Å²) in [4.78, 5) is 12.6. The molecule has 0 spiro atoms. The van der Waals surface area contributed by atoms with Crippen LogP contribution >= 0.6 is 0 Å². The van der Waals surface area contributed by atoms with Gasteiger partial charge in [0.25, 0.3) is 0 Å². The van der Waals surface area contributed by atoms with Crippen molar-refractivity contribution in [2.45, 2.75) is 31.3 Å². The number of hydrogen-bond donors (Lipinski definition) is 1. The molecule has 2 aromatic carbocycles. The number of amides is 1. The topological polar surface area (TPSA) is 84.9 Å². The maximum atomic E-state index is 13.3. The molecule has 0 aliphatic heterocycles. The molecule has 8 heteroatoms. The van der Waals surface area contributed by atoms with Gasteiger partial charge in [0.2, 0.25) is 15.9 Å². The van der Waals surface area contributed by atoms with E-state index in [0.717, 1.165) is 5.56 Å². The zero-order chi connectivity index (χ0) is 21.4. The van der Waals surface area contributed by atoms with Gasteiger partial charge in [-0.1, -0.05) is 30.3 Å². The Morgan fingerprint density at radius 3 is 2.41 bits per heavy atom. The first kappa shape index (κ1) is 22.9. The van der Waals surface area contributed by atoms with Crippen molar-refractivity contribution in [1.29, 1.82) is 0 Å². The third-order valence-electron chi connectivity index (χ3n) is 4.35. The highest BCUT2D eigenvalue weighted by atomic mass is 32.2. The third-order valence-corrected chi connectivity index (χ3v) is 6.14. The summed E-state index contributed by atoms with van der Waals surface area (Å²) in [7, 11) is -0.830. The van der Waals surface area contributed by atoms with Crippen LogP contribution in [0.4, 0.5) is 0 Å². The minimum Gasteiger partial charge on any atom is -0.496 e. The Morgan fingerprint density at radius 1 is 1.14 bits per heavy atom. The van der Waals surface area contributed by atoms with Gasteiger partial charge in [-0.3, -0.25) is 4.79 Å². The Labute approximate surface area is 172 Å². The number of carbonyl (C=O) groups is 1. The number of rotatable bonds is 10. The fraction of sp³-hybridized carbons (Fsp3) is 0.381. The molecule has 0 aromatic heterocycles. The van der Waals surface area contributed by atoms with Crippen LogP contribution < -0.4 is 10.1 Å². The Bertz CT molecular complexity index is 916. The third kappa shape index (κ3) is 6.28. The Kier molecular flexibility index (Phi) is 8.19. The van der Waals surface area contributed by atoms with E-state index < -0.39 is 10.0 Å². The van der Waals surface area contributed by atoms with Gasteiger partial charge in [-0.05, 0) is 43.2 Å². The number of hydrogen-bond acceptors (Lipinski definition) is 5. The van der Waals surface area contributed by atoms with Crippen molar-refractivity contribution in [2.75, 3.05) is 27.4 Å². The normalized spacial score (nSPS) is 12.6. The van der Waals surface area contributed by atoms with E-state index in [1.807, 2.05) is 30.3 Å². The second kappa shape index (κ2) is 10.4. The average molecular weight is 421 g/mol. The predicted molar refractivity (Wildman–Crippen MR) is 111 cm³/mol. The lowest BCUT2D eigenvalue weighted by molar-refractivity contribution is -0.122.